The van der Waals surface area contributed by atoms with Crippen molar-refractivity contribution in [3.63, 3.8) is 0 Å². The second-order valence-corrected chi connectivity index (χ2v) is 2.13. The van der Waals surface area contributed by atoms with Crippen molar-refractivity contribution in [1.29, 1.82) is 0 Å². The maximum absolute atomic E-state index is 10.2. The molecule has 11 heteroatoms. The molecule has 0 aliphatic carbocycles. The fraction of sp³-hybridized carbons (Fsp3) is 0. The zero-order valence-electron chi connectivity index (χ0n) is 7.75. The molecule has 1 saturated heterocycles. The molecule has 58 valence electrons. The molecule has 0 radical (unpaired) electrons. The van der Waals surface area contributed by atoms with Gasteiger partial charge in [-0.1, -0.05) is 9.35 Å². The van der Waals surface area contributed by atoms with E-state index in [1.54, 1.807) is 0 Å². The maximum Gasteiger partial charge on any atom is 1.00 e. The first kappa shape index (κ1) is 16.6. The second kappa shape index (κ2) is 8.52. The van der Waals surface area contributed by atoms with Crippen LogP contribution in [0.5, 0.6) is 0 Å². The van der Waals surface area contributed by atoms with E-state index in [4.69, 9.17) is 4.89 Å². The molecule has 0 atom stereocenters. The number of hydrogen-bond donors (Lipinski definition) is 1. The number of rotatable bonds is 0. The van der Waals surface area contributed by atoms with Gasteiger partial charge in [0.25, 0.3) is 0 Å². The molecule has 0 amide bonds. The Balaban J connectivity index is -0.000000101. The van der Waals surface area contributed by atoms with Crippen molar-refractivity contribution >= 4 is 7.82 Å². The summed E-state index contributed by atoms with van der Waals surface area (Å²) >= 11 is 0. The molecule has 0 unspecified atom stereocenters. The summed E-state index contributed by atoms with van der Waals surface area (Å²) in [5.41, 5.74) is 0. The van der Waals surface area contributed by atoms with Gasteiger partial charge in [0.2, 0.25) is 0 Å². The van der Waals surface area contributed by atoms with Crippen LogP contribution in [-0.2, 0) is 34.1 Å². The summed E-state index contributed by atoms with van der Waals surface area (Å²) in [4.78, 5) is 8.26. The molecule has 0 spiro atoms. The van der Waals surface area contributed by atoms with Crippen LogP contribution in [0.4, 0.5) is 0 Å². The summed E-state index contributed by atoms with van der Waals surface area (Å²) in [5.74, 6) is 0. The van der Waals surface area contributed by atoms with Crippen molar-refractivity contribution in [2.75, 3.05) is 0 Å². The van der Waals surface area contributed by atoms with Gasteiger partial charge in [-0.25, -0.2) is 4.57 Å². The molecule has 11 heavy (non-hydrogen) atoms. The Bertz CT molecular complexity index is 130. The van der Waals surface area contributed by atoms with E-state index in [9.17, 15) is 4.57 Å². The predicted molar refractivity (Wildman–Crippen MR) is 18.6 cm³/mol. The molecule has 0 saturated carbocycles. The number of phosphoric acid groups is 1. The van der Waals surface area contributed by atoms with E-state index in [-0.39, 0.29) is 106 Å². The SMILES string of the molecule is O=P1(O)OOOOOO1.[H-].[H-].[K+].[K+]. The molecule has 0 aromatic carbocycles. The van der Waals surface area contributed by atoms with Crippen LogP contribution in [0.25, 0.3) is 0 Å². The number of hydrogen-bond acceptors (Lipinski definition) is 7. The van der Waals surface area contributed by atoms with Crippen molar-refractivity contribution in [3.8, 4) is 0 Å². The Labute approximate surface area is 149 Å². The molecule has 1 aliphatic heterocycles. The summed E-state index contributed by atoms with van der Waals surface area (Å²) in [6, 6.07) is 0. The van der Waals surface area contributed by atoms with Gasteiger partial charge >= 0.3 is 111 Å². The van der Waals surface area contributed by atoms with Crippen molar-refractivity contribution in [2.45, 2.75) is 0 Å². The summed E-state index contributed by atoms with van der Waals surface area (Å²) in [6.45, 7) is 0. The quantitative estimate of drug-likeness (QED) is 0.254. The van der Waals surface area contributed by atoms with Gasteiger partial charge in [-0.15, -0.1) is 0 Å². The molecule has 1 heterocycles. The molecular weight excluding hydrogens is 237 g/mol. The Morgan fingerprint density at radius 2 is 1.36 bits per heavy atom. The Kier molecular flexibility index (Phi) is 12.9. The normalized spacial score (nSPS) is 22.3. The molecule has 1 fully saturated rings. The topological polar surface area (TPSA) is 92.7 Å². The van der Waals surface area contributed by atoms with E-state index in [1.807, 2.05) is 0 Å². The molecule has 1 rings (SSSR count). The van der Waals surface area contributed by atoms with Gasteiger partial charge in [0.15, 0.2) is 0 Å². The van der Waals surface area contributed by atoms with Gasteiger partial charge in [0.1, 0.15) is 0 Å². The molecule has 0 aromatic heterocycles. The van der Waals surface area contributed by atoms with Crippen LogP contribution >= 0.6 is 7.82 Å². The Hall–Kier alpha value is 3.22. The fourth-order valence-corrected chi connectivity index (χ4v) is 0.365. The molecule has 0 bridgehead atoms. The van der Waals surface area contributed by atoms with Crippen LogP contribution < -0.4 is 103 Å². The van der Waals surface area contributed by atoms with Crippen molar-refractivity contribution in [1.82, 2.24) is 0 Å². The molecule has 8 nitrogen and oxygen atoms in total. The monoisotopic (exact) mass is 240 g/mol. The van der Waals surface area contributed by atoms with Crippen LogP contribution in [0, 0.1) is 0 Å². The first-order valence-corrected chi connectivity index (χ1v) is 3.08. The van der Waals surface area contributed by atoms with E-state index in [0.29, 0.717) is 0 Å². The third-order valence-electron chi connectivity index (χ3n) is 0.333. The average molecular weight is 240 g/mol. The first-order chi connectivity index (χ1) is 4.21. The molecule has 0 aromatic rings. The van der Waals surface area contributed by atoms with E-state index in [2.05, 4.69) is 29.5 Å². The van der Waals surface area contributed by atoms with Crippen LogP contribution in [-0.4, -0.2) is 4.89 Å². The zero-order chi connectivity index (χ0) is 6.74. The largest absolute Gasteiger partial charge is 1.00 e. The van der Waals surface area contributed by atoms with Crippen LogP contribution in [0.15, 0.2) is 0 Å². The van der Waals surface area contributed by atoms with Gasteiger partial charge in [-0.05, 0) is 20.2 Å². The van der Waals surface area contributed by atoms with Gasteiger partial charge in [-0.2, -0.15) is 0 Å². The third-order valence-corrected chi connectivity index (χ3v) is 0.831. The summed E-state index contributed by atoms with van der Waals surface area (Å²) in [5, 5.41) is 13.7. The zero-order valence-corrected chi connectivity index (χ0v) is 12.9. The van der Waals surface area contributed by atoms with Gasteiger partial charge < -0.3 is 2.85 Å². The minimum Gasteiger partial charge on any atom is -1.00 e. The summed E-state index contributed by atoms with van der Waals surface area (Å²) < 4.78 is 17.2. The average Bonchev–Trinajstić information content (AvgIpc) is 1.92. The minimum absolute atomic E-state index is 0. The van der Waals surface area contributed by atoms with Crippen LogP contribution in [0.3, 0.4) is 0 Å². The van der Waals surface area contributed by atoms with Gasteiger partial charge in [0, 0.05) is 0 Å². The van der Waals surface area contributed by atoms with E-state index >= 15 is 0 Å². The van der Waals surface area contributed by atoms with E-state index in [1.165, 1.54) is 0 Å². The van der Waals surface area contributed by atoms with E-state index < -0.39 is 7.82 Å². The first-order valence-electron chi connectivity index (χ1n) is 1.58. The molecule has 1 aliphatic rings. The third kappa shape index (κ3) is 8.23. The molecular formula is H3K2O8P. The standard InChI is InChI=1S/2K.HO8P.2H/c;;1-9(2)7-5-3-4-6-8-9;;/h;;(H,1,2);;/q2*+1;;2*-1. The summed E-state index contributed by atoms with van der Waals surface area (Å²) in [7, 11) is -4.32. The summed E-state index contributed by atoms with van der Waals surface area (Å²) in [6.07, 6.45) is 0. The van der Waals surface area contributed by atoms with Crippen molar-refractivity contribution in [3.05, 3.63) is 0 Å². The maximum atomic E-state index is 10.2. The van der Waals surface area contributed by atoms with Crippen molar-refractivity contribution < 1.29 is 145 Å². The smallest absolute Gasteiger partial charge is 1.00 e. The fourth-order valence-electron chi connectivity index (χ4n) is 0.137. The van der Waals surface area contributed by atoms with E-state index in [0.717, 1.165) is 0 Å². The Morgan fingerprint density at radius 3 is 1.73 bits per heavy atom. The van der Waals surface area contributed by atoms with Gasteiger partial charge in [0.05, 0.1) is 0 Å². The molecule has 1 N–H and O–H groups in total. The van der Waals surface area contributed by atoms with Gasteiger partial charge in [-0.3, -0.25) is 4.89 Å². The van der Waals surface area contributed by atoms with Crippen LogP contribution in [0.2, 0.25) is 0 Å². The van der Waals surface area contributed by atoms with Crippen molar-refractivity contribution in [2.24, 2.45) is 0 Å². The second-order valence-electron chi connectivity index (χ2n) is 0.890. The van der Waals surface area contributed by atoms with Crippen LogP contribution in [0.1, 0.15) is 2.85 Å². The minimum atomic E-state index is -4.32. The predicted octanol–water partition coefficient (Wildman–Crippen LogP) is -5.99. The Morgan fingerprint density at radius 1 is 1.00 bits per heavy atom.